The zero-order valence-electron chi connectivity index (χ0n) is 9.02. The number of amides is 2. The van der Waals surface area contributed by atoms with E-state index in [9.17, 15) is 9.59 Å². The number of hydrogen-bond donors (Lipinski definition) is 2. The van der Waals surface area contributed by atoms with Crippen molar-refractivity contribution in [2.45, 2.75) is 6.42 Å². The van der Waals surface area contributed by atoms with Crippen molar-refractivity contribution in [3.63, 3.8) is 0 Å². The van der Waals surface area contributed by atoms with Crippen molar-refractivity contribution in [1.82, 2.24) is 5.43 Å². The van der Waals surface area contributed by atoms with Crippen LogP contribution in [0, 0.1) is 9.49 Å². The molecule has 6 heteroatoms. The Balaban J connectivity index is 2.18. The van der Waals surface area contributed by atoms with Crippen molar-refractivity contribution in [3.8, 4) is 0 Å². The summed E-state index contributed by atoms with van der Waals surface area (Å²) in [5, 5.41) is 0. The minimum absolute atomic E-state index is 0.0411. The summed E-state index contributed by atoms with van der Waals surface area (Å²) in [6, 6.07) is 7.62. The largest absolute Gasteiger partial charge is 0.312 e. The molecule has 17 heavy (non-hydrogen) atoms. The second-order valence-corrected chi connectivity index (χ2v) is 5.14. The smallest absolute Gasteiger partial charge is 0.239 e. The van der Waals surface area contributed by atoms with E-state index >= 15 is 0 Å². The summed E-state index contributed by atoms with van der Waals surface area (Å²) in [5.41, 5.74) is 2.92. The fourth-order valence-corrected chi connectivity index (χ4v) is 2.42. The van der Waals surface area contributed by atoms with Crippen LogP contribution in [0.5, 0.6) is 0 Å². The van der Waals surface area contributed by atoms with Crippen LogP contribution in [0.15, 0.2) is 24.3 Å². The number of nitrogens with one attached hydrogen (secondary N) is 1. The van der Waals surface area contributed by atoms with Crippen molar-refractivity contribution < 1.29 is 9.59 Å². The van der Waals surface area contributed by atoms with Crippen molar-refractivity contribution in [2.24, 2.45) is 11.8 Å². The van der Waals surface area contributed by atoms with Crippen LogP contribution in [0.3, 0.4) is 0 Å². The number of hydrazine groups is 1. The van der Waals surface area contributed by atoms with E-state index < -0.39 is 0 Å². The number of halogens is 1. The Bertz CT molecular complexity index is 464. The van der Waals surface area contributed by atoms with E-state index in [0.29, 0.717) is 6.54 Å². The molecule has 90 valence electrons. The van der Waals surface area contributed by atoms with Gasteiger partial charge in [0, 0.05) is 22.2 Å². The van der Waals surface area contributed by atoms with E-state index in [-0.39, 0.29) is 24.2 Å². The van der Waals surface area contributed by atoms with Crippen LogP contribution in [-0.4, -0.2) is 18.4 Å². The molecule has 1 heterocycles. The maximum Gasteiger partial charge on any atom is 0.239 e. The summed E-state index contributed by atoms with van der Waals surface area (Å²) in [6.45, 7) is 0.391. The van der Waals surface area contributed by atoms with Gasteiger partial charge < -0.3 is 4.90 Å². The molecule has 1 atom stereocenters. The molecule has 5 nitrogen and oxygen atoms in total. The predicted molar refractivity (Wildman–Crippen MR) is 71.9 cm³/mol. The average molecular weight is 345 g/mol. The molecule has 0 saturated carbocycles. The zero-order valence-corrected chi connectivity index (χ0v) is 11.2. The van der Waals surface area contributed by atoms with Gasteiger partial charge in [0.1, 0.15) is 0 Å². The third-order valence-electron chi connectivity index (χ3n) is 2.76. The number of hydrogen-bond acceptors (Lipinski definition) is 3. The van der Waals surface area contributed by atoms with E-state index in [1.807, 2.05) is 24.3 Å². The summed E-state index contributed by atoms with van der Waals surface area (Å²) >= 11 is 2.19. The highest BCUT2D eigenvalue weighted by molar-refractivity contribution is 14.1. The lowest BCUT2D eigenvalue weighted by atomic mass is 10.1. The molecular weight excluding hydrogens is 333 g/mol. The summed E-state index contributed by atoms with van der Waals surface area (Å²) in [4.78, 5) is 24.8. The van der Waals surface area contributed by atoms with Gasteiger partial charge in [-0.1, -0.05) is 6.07 Å². The molecule has 1 aliphatic rings. The molecule has 1 aromatic carbocycles. The van der Waals surface area contributed by atoms with Gasteiger partial charge in [-0.05, 0) is 40.8 Å². The van der Waals surface area contributed by atoms with Crippen molar-refractivity contribution in [1.29, 1.82) is 0 Å². The molecule has 0 bridgehead atoms. The van der Waals surface area contributed by atoms with Gasteiger partial charge >= 0.3 is 0 Å². The predicted octanol–water partition coefficient (Wildman–Crippen LogP) is 0.634. The summed E-state index contributed by atoms with van der Waals surface area (Å²) in [7, 11) is 0. The normalized spacial score (nSPS) is 19.5. The first-order chi connectivity index (χ1) is 8.11. The average Bonchev–Trinajstić information content (AvgIpc) is 2.70. The minimum Gasteiger partial charge on any atom is -0.312 e. The van der Waals surface area contributed by atoms with Crippen molar-refractivity contribution in [2.75, 3.05) is 11.4 Å². The van der Waals surface area contributed by atoms with E-state index in [1.165, 1.54) is 0 Å². The number of rotatable bonds is 2. The van der Waals surface area contributed by atoms with Gasteiger partial charge in [0.05, 0.1) is 5.92 Å². The fraction of sp³-hybridized carbons (Fsp3) is 0.273. The molecule has 0 spiro atoms. The van der Waals surface area contributed by atoms with Crippen LogP contribution < -0.4 is 16.2 Å². The number of carbonyl (C=O) groups is 2. The van der Waals surface area contributed by atoms with Gasteiger partial charge in [-0.3, -0.25) is 15.0 Å². The fourth-order valence-electron chi connectivity index (χ4n) is 1.89. The molecule has 0 radical (unpaired) electrons. The van der Waals surface area contributed by atoms with Crippen LogP contribution in [0.4, 0.5) is 5.69 Å². The molecule has 0 aliphatic carbocycles. The zero-order chi connectivity index (χ0) is 12.4. The SMILES string of the molecule is NNC(=O)[C@@H]1CC(=O)N(c2cccc(I)c2)C1. The number of nitrogens with zero attached hydrogens (tertiary/aromatic N) is 1. The Morgan fingerprint density at radius 1 is 1.53 bits per heavy atom. The third kappa shape index (κ3) is 2.58. The number of anilines is 1. The standard InChI is InChI=1S/C11H12IN3O2/c12-8-2-1-3-9(5-8)15-6-7(4-10(15)16)11(17)14-13/h1-3,5,7H,4,6,13H2,(H,14,17)/t7-/m1/s1. The molecule has 1 saturated heterocycles. The highest BCUT2D eigenvalue weighted by Crippen LogP contribution is 2.26. The van der Waals surface area contributed by atoms with Crippen LogP contribution in [0.25, 0.3) is 0 Å². The minimum atomic E-state index is -0.356. The first-order valence-corrected chi connectivity index (χ1v) is 6.26. The molecule has 1 aromatic rings. The Morgan fingerprint density at radius 3 is 2.94 bits per heavy atom. The van der Waals surface area contributed by atoms with Crippen molar-refractivity contribution >= 4 is 40.1 Å². The number of carbonyl (C=O) groups excluding carboxylic acids is 2. The van der Waals surface area contributed by atoms with Crippen LogP contribution >= 0.6 is 22.6 Å². The third-order valence-corrected chi connectivity index (χ3v) is 3.43. The highest BCUT2D eigenvalue weighted by Gasteiger charge is 2.34. The number of benzene rings is 1. The topological polar surface area (TPSA) is 75.4 Å². The Morgan fingerprint density at radius 2 is 2.29 bits per heavy atom. The summed E-state index contributed by atoms with van der Waals surface area (Å²) < 4.78 is 1.06. The first-order valence-electron chi connectivity index (χ1n) is 5.18. The summed E-state index contributed by atoms with van der Waals surface area (Å²) in [6.07, 6.45) is 0.217. The lowest BCUT2D eigenvalue weighted by Crippen LogP contribution is -2.37. The number of nitrogens with two attached hydrogens (primary N) is 1. The highest BCUT2D eigenvalue weighted by atomic mass is 127. The molecule has 0 aromatic heterocycles. The molecule has 1 aliphatic heterocycles. The Hall–Kier alpha value is -1.15. The van der Waals surface area contributed by atoms with Gasteiger partial charge in [-0.2, -0.15) is 0 Å². The van der Waals surface area contributed by atoms with E-state index in [0.717, 1.165) is 9.26 Å². The molecule has 3 N–H and O–H groups in total. The van der Waals surface area contributed by atoms with Crippen LogP contribution in [-0.2, 0) is 9.59 Å². The van der Waals surface area contributed by atoms with Gasteiger partial charge in [0.25, 0.3) is 0 Å². The van der Waals surface area contributed by atoms with Crippen molar-refractivity contribution in [3.05, 3.63) is 27.8 Å². The van der Waals surface area contributed by atoms with Gasteiger partial charge in [0.15, 0.2) is 0 Å². The maximum atomic E-state index is 11.8. The van der Waals surface area contributed by atoms with E-state index in [1.54, 1.807) is 4.90 Å². The molecule has 2 amide bonds. The Labute approximate surface area is 112 Å². The maximum absolute atomic E-state index is 11.8. The lowest BCUT2D eigenvalue weighted by molar-refractivity contribution is -0.126. The van der Waals surface area contributed by atoms with E-state index in [2.05, 4.69) is 28.0 Å². The molecule has 0 unspecified atom stereocenters. The molecule has 1 fully saturated rings. The second kappa shape index (κ2) is 5.01. The van der Waals surface area contributed by atoms with E-state index in [4.69, 9.17) is 5.84 Å². The molecular formula is C11H12IN3O2. The Kier molecular flexibility index (Phi) is 3.63. The van der Waals surface area contributed by atoms with Crippen LogP contribution in [0.2, 0.25) is 0 Å². The second-order valence-electron chi connectivity index (χ2n) is 3.89. The lowest BCUT2D eigenvalue weighted by Gasteiger charge is -2.16. The summed E-state index contributed by atoms with van der Waals surface area (Å²) in [5.74, 6) is 4.39. The van der Waals surface area contributed by atoms with Gasteiger partial charge in [0.2, 0.25) is 11.8 Å². The van der Waals surface area contributed by atoms with Crippen LogP contribution in [0.1, 0.15) is 6.42 Å². The molecule has 2 rings (SSSR count). The van der Waals surface area contributed by atoms with Gasteiger partial charge in [-0.25, -0.2) is 5.84 Å². The van der Waals surface area contributed by atoms with Gasteiger partial charge in [-0.15, -0.1) is 0 Å². The first kappa shape index (κ1) is 12.3. The monoisotopic (exact) mass is 345 g/mol. The quantitative estimate of drug-likeness (QED) is 0.357.